The van der Waals surface area contributed by atoms with Gasteiger partial charge in [0.05, 0.1) is 6.42 Å². The number of aryl methyl sites for hydroxylation is 1. The predicted molar refractivity (Wildman–Crippen MR) is 101 cm³/mol. The van der Waals surface area contributed by atoms with Crippen LogP contribution in [-0.4, -0.2) is 51.6 Å². The molecule has 0 radical (unpaired) electrons. The molecule has 27 heavy (non-hydrogen) atoms. The second-order valence-electron chi connectivity index (χ2n) is 6.89. The minimum atomic E-state index is -0.285. The van der Waals surface area contributed by atoms with Gasteiger partial charge in [-0.2, -0.15) is 0 Å². The molecule has 3 aromatic rings. The number of carbonyl (C=O) groups is 1. The molecule has 3 heterocycles. The molecule has 1 saturated heterocycles. The van der Waals surface area contributed by atoms with Crippen LogP contribution in [0.3, 0.4) is 0 Å². The Kier molecular flexibility index (Phi) is 4.75. The number of halogens is 1. The molecule has 0 unspecified atom stereocenters. The largest absolute Gasteiger partial charge is 0.341 e. The lowest BCUT2D eigenvalue weighted by molar-refractivity contribution is -0.130. The monoisotopic (exact) mass is 367 g/mol. The van der Waals surface area contributed by atoms with Crippen LogP contribution in [0.2, 0.25) is 0 Å². The SMILES string of the molecule is Cc1cccc2nnc(N3CCCN(C(=O)Cc4ccc(F)cc4)CC3)n12. The molecule has 0 bridgehead atoms. The van der Waals surface area contributed by atoms with Gasteiger partial charge in [-0.05, 0) is 43.2 Å². The second kappa shape index (κ2) is 7.34. The van der Waals surface area contributed by atoms with E-state index in [-0.39, 0.29) is 11.7 Å². The molecule has 1 fully saturated rings. The van der Waals surface area contributed by atoms with Crippen LogP contribution in [-0.2, 0) is 11.2 Å². The maximum absolute atomic E-state index is 13.0. The standard InChI is InChI=1S/C20H22FN5O/c1-15-4-2-5-18-22-23-20(26(15)18)25-11-3-10-24(12-13-25)19(27)14-16-6-8-17(21)9-7-16/h2,4-9H,3,10-14H2,1H3. The molecule has 1 amide bonds. The minimum Gasteiger partial charge on any atom is -0.341 e. The van der Waals surface area contributed by atoms with E-state index in [0.29, 0.717) is 26.1 Å². The van der Waals surface area contributed by atoms with E-state index < -0.39 is 0 Å². The molecule has 6 nitrogen and oxygen atoms in total. The van der Waals surface area contributed by atoms with Gasteiger partial charge in [0.25, 0.3) is 0 Å². The van der Waals surface area contributed by atoms with Crippen molar-refractivity contribution < 1.29 is 9.18 Å². The zero-order valence-electron chi connectivity index (χ0n) is 15.3. The van der Waals surface area contributed by atoms with Crippen LogP contribution in [0.5, 0.6) is 0 Å². The Bertz CT molecular complexity index is 953. The molecule has 0 spiro atoms. The summed E-state index contributed by atoms with van der Waals surface area (Å²) in [6, 6.07) is 12.1. The first-order valence-electron chi connectivity index (χ1n) is 9.20. The fourth-order valence-corrected chi connectivity index (χ4v) is 3.54. The first-order chi connectivity index (χ1) is 13.1. The van der Waals surface area contributed by atoms with Gasteiger partial charge in [-0.1, -0.05) is 18.2 Å². The van der Waals surface area contributed by atoms with Crippen LogP contribution in [0.25, 0.3) is 5.65 Å². The molecule has 7 heteroatoms. The molecule has 0 aliphatic carbocycles. The molecule has 1 aliphatic rings. The highest BCUT2D eigenvalue weighted by Gasteiger charge is 2.22. The molecule has 0 atom stereocenters. The Morgan fingerprint density at radius 2 is 1.85 bits per heavy atom. The van der Waals surface area contributed by atoms with Crippen molar-refractivity contribution in [1.29, 1.82) is 0 Å². The number of hydrogen-bond donors (Lipinski definition) is 0. The van der Waals surface area contributed by atoms with Crippen molar-refractivity contribution in [2.45, 2.75) is 19.8 Å². The summed E-state index contributed by atoms with van der Waals surface area (Å²) in [5, 5.41) is 8.63. The van der Waals surface area contributed by atoms with E-state index in [1.807, 2.05) is 30.0 Å². The van der Waals surface area contributed by atoms with Gasteiger partial charge in [0.15, 0.2) is 5.65 Å². The first kappa shape index (κ1) is 17.5. The average Bonchev–Trinajstić information content (AvgIpc) is 2.95. The topological polar surface area (TPSA) is 53.7 Å². The number of aromatic nitrogens is 3. The number of hydrogen-bond acceptors (Lipinski definition) is 4. The molecule has 2 aromatic heterocycles. The lowest BCUT2D eigenvalue weighted by Gasteiger charge is -2.22. The van der Waals surface area contributed by atoms with Gasteiger partial charge in [0.2, 0.25) is 11.9 Å². The van der Waals surface area contributed by atoms with E-state index in [1.54, 1.807) is 12.1 Å². The molecular weight excluding hydrogens is 345 g/mol. The lowest BCUT2D eigenvalue weighted by Crippen LogP contribution is -2.36. The van der Waals surface area contributed by atoms with Gasteiger partial charge in [0.1, 0.15) is 5.82 Å². The van der Waals surface area contributed by atoms with Crippen molar-refractivity contribution in [3.8, 4) is 0 Å². The highest BCUT2D eigenvalue weighted by Crippen LogP contribution is 2.18. The molecule has 1 aromatic carbocycles. The molecular formula is C20H22FN5O. The lowest BCUT2D eigenvalue weighted by atomic mass is 10.1. The molecule has 0 saturated carbocycles. The average molecular weight is 367 g/mol. The smallest absolute Gasteiger partial charge is 0.231 e. The Morgan fingerprint density at radius 1 is 1.04 bits per heavy atom. The zero-order chi connectivity index (χ0) is 18.8. The maximum Gasteiger partial charge on any atom is 0.231 e. The Morgan fingerprint density at radius 3 is 2.67 bits per heavy atom. The summed E-state index contributed by atoms with van der Waals surface area (Å²) < 4.78 is 15.1. The van der Waals surface area contributed by atoms with Gasteiger partial charge < -0.3 is 9.80 Å². The van der Waals surface area contributed by atoms with E-state index in [4.69, 9.17) is 0 Å². The predicted octanol–water partition coefficient (Wildman–Crippen LogP) is 2.46. The summed E-state index contributed by atoms with van der Waals surface area (Å²) in [6.07, 6.45) is 1.17. The molecule has 0 N–H and O–H groups in total. The van der Waals surface area contributed by atoms with E-state index >= 15 is 0 Å². The second-order valence-corrected chi connectivity index (χ2v) is 6.89. The third-order valence-corrected chi connectivity index (χ3v) is 5.01. The van der Waals surface area contributed by atoms with Crippen LogP contribution in [0, 0.1) is 12.7 Å². The van der Waals surface area contributed by atoms with E-state index in [2.05, 4.69) is 19.5 Å². The summed E-state index contributed by atoms with van der Waals surface area (Å²) in [5.41, 5.74) is 2.75. The summed E-state index contributed by atoms with van der Waals surface area (Å²) in [7, 11) is 0. The van der Waals surface area contributed by atoms with Gasteiger partial charge in [-0.15, -0.1) is 10.2 Å². The van der Waals surface area contributed by atoms with E-state index in [0.717, 1.165) is 35.8 Å². The molecule has 1 aliphatic heterocycles. The van der Waals surface area contributed by atoms with E-state index in [9.17, 15) is 9.18 Å². The maximum atomic E-state index is 13.0. The highest BCUT2D eigenvalue weighted by molar-refractivity contribution is 5.78. The minimum absolute atomic E-state index is 0.0748. The number of nitrogens with zero attached hydrogens (tertiary/aromatic N) is 5. The quantitative estimate of drug-likeness (QED) is 0.714. The van der Waals surface area contributed by atoms with Crippen LogP contribution in [0.4, 0.5) is 10.3 Å². The van der Waals surface area contributed by atoms with Crippen LogP contribution in [0.15, 0.2) is 42.5 Å². The fourth-order valence-electron chi connectivity index (χ4n) is 3.54. The van der Waals surface area contributed by atoms with Crippen molar-refractivity contribution in [3.05, 3.63) is 59.5 Å². The number of amides is 1. The van der Waals surface area contributed by atoms with Crippen molar-refractivity contribution >= 4 is 17.5 Å². The van der Waals surface area contributed by atoms with Gasteiger partial charge >= 0.3 is 0 Å². The Hall–Kier alpha value is -2.96. The van der Waals surface area contributed by atoms with Crippen molar-refractivity contribution in [3.63, 3.8) is 0 Å². The van der Waals surface area contributed by atoms with Gasteiger partial charge in [0, 0.05) is 31.9 Å². The number of benzene rings is 1. The normalized spacial score (nSPS) is 15.2. The molecule has 4 rings (SSSR count). The summed E-state index contributed by atoms with van der Waals surface area (Å²) >= 11 is 0. The van der Waals surface area contributed by atoms with Crippen molar-refractivity contribution in [2.75, 3.05) is 31.1 Å². The number of fused-ring (bicyclic) bond motifs is 1. The fraction of sp³-hybridized carbons (Fsp3) is 0.350. The molecule has 140 valence electrons. The number of pyridine rings is 1. The first-order valence-corrected chi connectivity index (χ1v) is 9.20. The van der Waals surface area contributed by atoms with Gasteiger partial charge in [-0.25, -0.2) is 4.39 Å². The van der Waals surface area contributed by atoms with Crippen LogP contribution >= 0.6 is 0 Å². The Balaban J connectivity index is 1.45. The zero-order valence-corrected chi connectivity index (χ0v) is 15.3. The number of anilines is 1. The third-order valence-electron chi connectivity index (χ3n) is 5.01. The summed E-state index contributed by atoms with van der Waals surface area (Å²) in [4.78, 5) is 16.7. The Labute approximate surface area is 157 Å². The van der Waals surface area contributed by atoms with Gasteiger partial charge in [-0.3, -0.25) is 9.20 Å². The number of carbonyl (C=O) groups excluding carboxylic acids is 1. The summed E-state index contributed by atoms with van der Waals surface area (Å²) in [6.45, 7) is 4.93. The number of rotatable bonds is 3. The van der Waals surface area contributed by atoms with E-state index in [1.165, 1.54) is 12.1 Å². The van der Waals surface area contributed by atoms with Crippen molar-refractivity contribution in [1.82, 2.24) is 19.5 Å². The van der Waals surface area contributed by atoms with Crippen molar-refractivity contribution in [2.24, 2.45) is 0 Å². The highest BCUT2D eigenvalue weighted by atomic mass is 19.1. The van der Waals surface area contributed by atoms with Crippen LogP contribution in [0.1, 0.15) is 17.7 Å². The third kappa shape index (κ3) is 3.63. The summed E-state index contributed by atoms with van der Waals surface area (Å²) in [5.74, 6) is 0.620. The van der Waals surface area contributed by atoms with Crippen LogP contribution < -0.4 is 4.90 Å².